The fraction of sp³-hybridized carbons (Fsp3) is 0.179. The van der Waals surface area contributed by atoms with Crippen molar-refractivity contribution in [2.45, 2.75) is 32.9 Å². The minimum absolute atomic E-state index is 0.283. The minimum Gasteiger partial charge on any atom is -0.398 e. The monoisotopic (exact) mass is 507 g/mol. The molecule has 38 heavy (non-hydrogen) atoms. The molecule has 10 heteroatoms. The summed E-state index contributed by atoms with van der Waals surface area (Å²) >= 11 is 0. The zero-order valence-corrected chi connectivity index (χ0v) is 21.0. The second-order valence-electron chi connectivity index (χ2n) is 8.72. The number of hydrogen-bond donors (Lipinski definition) is 3. The first-order valence-corrected chi connectivity index (χ1v) is 12.0. The van der Waals surface area contributed by atoms with E-state index in [1.807, 2.05) is 37.3 Å². The topological polar surface area (TPSA) is 145 Å². The van der Waals surface area contributed by atoms with E-state index in [1.165, 1.54) is 0 Å². The molecule has 0 aliphatic rings. The standard InChI is InChI=1S/C28H25N7O3/c1-16(36)12-13-19-8-7-11-22-23(19)28(37)35(20-9-5-4-6-10-20)27(33-22)17(2)31-25-24(21(29)14-15-30-25)26-32-18(3)38-34-26/h4-11,14-17,36H,1-3H3,(H3,29,30,31)/t16?,17-/m0/s1. The van der Waals surface area contributed by atoms with E-state index >= 15 is 0 Å². The van der Waals surface area contributed by atoms with E-state index in [9.17, 15) is 9.90 Å². The third-order valence-corrected chi connectivity index (χ3v) is 5.83. The smallest absolute Gasteiger partial charge is 0.267 e. The zero-order chi connectivity index (χ0) is 26.8. The number of pyridine rings is 1. The minimum atomic E-state index is -0.832. The van der Waals surface area contributed by atoms with Crippen molar-refractivity contribution in [3.05, 3.63) is 88.4 Å². The summed E-state index contributed by atoms with van der Waals surface area (Å²) in [6.45, 7) is 5.13. The Labute approximate surface area is 218 Å². The van der Waals surface area contributed by atoms with Crippen LogP contribution in [0.15, 0.2) is 70.1 Å². The normalized spacial score (nSPS) is 12.5. The first-order chi connectivity index (χ1) is 18.3. The number of aliphatic hydroxyl groups excluding tert-OH is 1. The molecule has 2 aromatic carbocycles. The number of benzene rings is 2. The Kier molecular flexibility index (Phi) is 6.60. The Morgan fingerprint density at radius 2 is 1.87 bits per heavy atom. The van der Waals surface area contributed by atoms with Gasteiger partial charge in [0.25, 0.3) is 5.56 Å². The fourth-order valence-corrected chi connectivity index (χ4v) is 4.14. The number of nitrogen functional groups attached to an aromatic ring is 1. The van der Waals surface area contributed by atoms with Crippen molar-refractivity contribution in [1.29, 1.82) is 0 Å². The van der Waals surface area contributed by atoms with Crippen molar-refractivity contribution >= 4 is 22.4 Å². The maximum absolute atomic E-state index is 14.0. The Balaban J connectivity index is 1.69. The third-order valence-electron chi connectivity index (χ3n) is 5.83. The average molecular weight is 508 g/mol. The number of hydrogen-bond acceptors (Lipinski definition) is 9. The summed E-state index contributed by atoms with van der Waals surface area (Å²) in [6, 6.07) is 15.7. The molecule has 2 atom stereocenters. The van der Waals surface area contributed by atoms with Gasteiger partial charge in [0.1, 0.15) is 17.7 Å². The molecular formula is C28H25N7O3. The summed E-state index contributed by atoms with van der Waals surface area (Å²) in [5, 5.41) is 17.4. The molecule has 1 unspecified atom stereocenters. The first-order valence-electron chi connectivity index (χ1n) is 12.0. The lowest BCUT2D eigenvalue weighted by Gasteiger charge is -2.21. The average Bonchev–Trinajstić information content (AvgIpc) is 3.33. The second kappa shape index (κ2) is 10.2. The largest absolute Gasteiger partial charge is 0.398 e. The molecule has 0 fully saturated rings. The van der Waals surface area contributed by atoms with Crippen LogP contribution in [0.3, 0.4) is 0 Å². The Morgan fingerprint density at radius 1 is 1.08 bits per heavy atom. The van der Waals surface area contributed by atoms with Gasteiger partial charge >= 0.3 is 0 Å². The Morgan fingerprint density at radius 3 is 2.58 bits per heavy atom. The summed E-state index contributed by atoms with van der Waals surface area (Å²) in [7, 11) is 0. The lowest BCUT2D eigenvalue weighted by atomic mass is 10.1. The molecule has 10 nitrogen and oxygen atoms in total. The van der Waals surface area contributed by atoms with Gasteiger partial charge in [0.15, 0.2) is 0 Å². The summed E-state index contributed by atoms with van der Waals surface area (Å²) in [5.74, 6) is 7.20. The lowest BCUT2D eigenvalue weighted by molar-refractivity contribution is 0.253. The van der Waals surface area contributed by atoms with Crippen LogP contribution in [0.4, 0.5) is 11.5 Å². The number of aliphatic hydroxyl groups is 1. The molecule has 4 N–H and O–H groups in total. The number of fused-ring (bicyclic) bond motifs is 1. The maximum Gasteiger partial charge on any atom is 0.267 e. The third kappa shape index (κ3) is 4.70. The highest BCUT2D eigenvalue weighted by molar-refractivity contribution is 5.85. The van der Waals surface area contributed by atoms with Crippen LogP contribution in [0.5, 0.6) is 0 Å². The van der Waals surface area contributed by atoms with Crippen LogP contribution in [0, 0.1) is 18.8 Å². The summed E-state index contributed by atoms with van der Waals surface area (Å²) in [4.78, 5) is 27.7. The molecule has 0 radical (unpaired) electrons. The van der Waals surface area contributed by atoms with E-state index in [4.69, 9.17) is 15.2 Å². The van der Waals surface area contributed by atoms with E-state index < -0.39 is 12.1 Å². The van der Waals surface area contributed by atoms with E-state index in [0.29, 0.717) is 56.8 Å². The molecule has 0 amide bonds. The van der Waals surface area contributed by atoms with Gasteiger partial charge in [0.05, 0.1) is 28.2 Å². The number of nitrogens with one attached hydrogen (secondary N) is 1. The van der Waals surface area contributed by atoms with Gasteiger partial charge in [0.2, 0.25) is 11.7 Å². The quantitative estimate of drug-likeness (QED) is 0.304. The summed E-state index contributed by atoms with van der Waals surface area (Å²) in [6.07, 6.45) is 0.743. The van der Waals surface area contributed by atoms with Gasteiger partial charge in [-0.05, 0) is 44.2 Å². The molecule has 0 bridgehead atoms. The Bertz CT molecular complexity index is 1750. The first kappa shape index (κ1) is 24.7. The van der Waals surface area contributed by atoms with Crippen LogP contribution >= 0.6 is 0 Å². The SMILES string of the molecule is Cc1nc(-c2c(N)ccnc2N[C@@H](C)c2nc3cccc(C#CC(C)O)c3c(=O)n2-c2ccccc2)no1. The molecule has 0 saturated heterocycles. The van der Waals surface area contributed by atoms with Gasteiger partial charge in [-0.3, -0.25) is 9.36 Å². The maximum atomic E-state index is 14.0. The number of aromatic nitrogens is 5. The van der Waals surface area contributed by atoms with Gasteiger partial charge < -0.3 is 20.7 Å². The summed E-state index contributed by atoms with van der Waals surface area (Å²) < 4.78 is 6.70. The van der Waals surface area contributed by atoms with Crippen molar-refractivity contribution in [3.8, 4) is 28.9 Å². The second-order valence-corrected chi connectivity index (χ2v) is 8.72. The lowest BCUT2D eigenvalue weighted by Crippen LogP contribution is -2.28. The highest BCUT2D eigenvalue weighted by Crippen LogP contribution is 2.32. The summed E-state index contributed by atoms with van der Waals surface area (Å²) in [5.41, 5.74) is 8.50. The number of nitrogens with two attached hydrogens (primary N) is 1. The molecule has 3 aromatic heterocycles. The highest BCUT2D eigenvalue weighted by atomic mass is 16.5. The molecule has 0 spiro atoms. The van der Waals surface area contributed by atoms with Gasteiger partial charge in [-0.15, -0.1) is 0 Å². The molecule has 190 valence electrons. The van der Waals surface area contributed by atoms with Gasteiger partial charge in [-0.25, -0.2) is 9.97 Å². The number of para-hydroxylation sites is 1. The number of rotatable bonds is 5. The van der Waals surface area contributed by atoms with Crippen molar-refractivity contribution in [1.82, 2.24) is 24.7 Å². The van der Waals surface area contributed by atoms with Gasteiger partial charge in [-0.1, -0.05) is 41.3 Å². The van der Waals surface area contributed by atoms with Crippen molar-refractivity contribution in [2.75, 3.05) is 11.1 Å². The molecular weight excluding hydrogens is 482 g/mol. The van der Waals surface area contributed by atoms with Crippen LogP contribution in [0.2, 0.25) is 0 Å². The van der Waals surface area contributed by atoms with Gasteiger partial charge in [0, 0.05) is 24.4 Å². The van der Waals surface area contributed by atoms with Gasteiger partial charge in [-0.2, -0.15) is 4.98 Å². The van der Waals surface area contributed by atoms with Crippen LogP contribution < -0.4 is 16.6 Å². The molecule has 0 saturated carbocycles. The molecule has 3 heterocycles. The molecule has 5 rings (SSSR count). The van der Waals surface area contributed by atoms with E-state index in [2.05, 4.69) is 32.3 Å². The molecule has 0 aliphatic heterocycles. The molecule has 5 aromatic rings. The van der Waals surface area contributed by atoms with Crippen LogP contribution in [0.1, 0.15) is 37.2 Å². The number of nitrogens with zero attached hydrogens (tertiary/aromatic N) is 5. The van der Waals surface area contributed by atoms with Crippen LogP contribution in [0.25, 0.3) is 28.0 Å². The van der Waals surface area contributed by atoms with Crippen LogP contribution in [-0.2, 0) is 0 Å². The number of aryl methyl sites for hydroxylation is 1. The zero-order valence-electron chi connectivity index (χ0n) is 21.0. The van der Waals surface area contributed by atoms with E-state index in [-0.39, 0.29) is 5.56 Å². The van der Waals surface area contributed by atoms with Crippen molar-refractivity contribution in [2.24, 2.45) is 0 Å². The highest BCUT2D eigenvalue weighted by Gasteiger charge is 2.22. The molecule has 0 aliphatic carbocycles. The number of anilines is 2. The predicted octanol–water partition coefficient (Wildman–Crippen LogP) is 3.63. The fourth-order valence-electron chi connectivity index (χ4n) is 4.14. The van der Waals surface area contributed by atoms with Crippen molar-refractivity contribution < 1.29 is 9.63 Å². The van der Waals surface area contributed by atoms with E-state index in [1.54, 1.807) is 48.9 Å². The van der Waals surface area contributed by atoms with E-state index in [0.717, 1.165) is 0 Å². The van der Waals surface area contributed by atoms with Crippen molar-refractivity contribution in [3.63, 3.8) is 0 Å². The predicted molar refractivity (Wildman–Crippen MR) is 145 cm³/mol. The Hall–Kier alpha value is -5.01. The van der Waals surface area contributed by atoms with Crippen LogP contribution in [-0.4, -0.2) is 35.9 Å².